The van der Waals surface area contributed by atoms with Crippen LogP contribution in [0.1, 0.15) is 0 Å². The van der Waals surface area contributed by atoms with Crippen molar-refractivity contribution in [3.63, 3.8) is 0 Å². The molecule has 0 radical (unpaired) electrons. The van der Waals surface area contributed by atoms with E-state index in [1.807, 2.05) is 0 Å². The van der Waals surface area contributed by atoms with Gasteiger partial charge in [0.25, 0.3) is 0 Å². The predicted molar refractivity (Wildman–Crippen MR) is 43.9 cm³/mol. The minimum absolute atomic E-state index is 0.0253. The molecule has 2 heterocycles. The highest BCUT2D eigenvalue weighted by atomic mass is 16.2. The molecule has 0 saturated carbocycles. The maximum Gasteiger partial charge on any atom is 0.246 e. The fourth-order valence-electron chi connectivity index (χ4n) is 1.12. The number of hydrogen-bond acceptors (Lipinski definition) is 4. The van der Waals surface area contributed by atoms with Crippen molar-refractivity contribution in [3.8, 4) is 0 Å². The van der Waals surface area contributed by atoms with E-state index >= 15 is 0 Å². The number of nitrogens with one attached hydrogen (secondary N) is 1. The van der Waals surface area contributed by atoms with Crippen molar-refractivity contribution >= 4 is 17.4 Å². The van der Waals surface area contributed by atoms with Gasteiger partial charge in [-0.25, -0.2) is 9.97 Å². The average Bonchev–Trinajstić information content (AvgIpc) is 2.12. The Morgan fingerprint density at radius 2 is 2.50 bits per heavy atom. The predicted octanol–water partition coefficient (Wildman–Crippen LogP) is -0.135. The van der Waals surface area contributed by atoms with E-state index in [4.69, 9.17) is 0 Å². The van der Waals surface area contributed by atoms with Gasteiger partial charge in [0.15, 0.2) is 5.82 Å². The van der Waals surface area contributed by atoms with Crippen LogP contribution in [-0.2, 0) is 4.79 Å². The van der Waals surface area contributed by atoms with Gasteiger partial charge in [-0.05, 0) is 0 Å². The van der Waals surface area contributed by atoms with Gasteiger partial charge in [-0.1, -0.05) is 0 Å². The second kappa shape index (κ2) is 2.44. The Hall–Kier alpha value is -1.65. The summed E-state index contributed by atoms with van der Waals surface area (Å²) in [6.45, 7) is 0.306. The largest absolute Gasteiger partial charge is 0.359 e. The quantitative estimate of drug-likeness (QED) is 0.580. The Labute approximate surface area is 69.4 Å². The molecule has 2 rings (SSSR count). The first-order chi connectivity index (χ1) is 5.79. The Morgan fingerprint density at radius 3 is 3.33 bits per heavy atom. The molecule has 5 heteroatoms. The number of aromatic nitrogens is 2. The minimum Gasteiger partial charge on any atom is -0.359 e. The van der Waals surface area contributed by atoms with Crippen LogP contribution in [0.3, 0.4) is 0 Å². The molecule has 0 fully saturated rings. The van der Waals surface area contributed by atoms with E-state index < -0.39 is 0 Å². The second-order valence-electron chi connectivity index (χ2n) is 2.56. The second-order valence-corrected chi connectivity index (χ2v) is 2.56. The Bertz CT molecular complexity index is 325. The van der Waals surface area contributed by atoms with Crippen LogP contribution in [-0.4, -0.2) is 29.5 Å². The van der Waals surface area contributed by atoms with Crippen LogP contribution in [0.5, 0.6) is 0 Å². The van der Waals surface area contributed by atoms with E-state index in [1.165, 1.54) is 6.33 Å². The van der Waals surface area contributed by atoms with Crippen LogP contribution in [0.4, 0.5) is 11.5 Å². The maximum absolute atomic E-state index is 11.2. The van der Waals surface area contributed by atoms with E-state index in [9.17, 15) is 4.79 Å². The van der Waals surface area contributed by atoms with Crippen LogP contribution in [0.2, 0.25) is 0 Å². The Kier molecular flexibility index (Phi) is 1.43. The lowest BCUT2D eigenvalue weighted by atomic mass is 10.3. The van der Waals surface area contributed by atoms with E-state index in [1.54, 1.807) is 18.1 Å². The molecule has 0 aromatic carbocycles. The third-order valence-electron chi connectivity index (χ3n) is 1.84. The van der Waals surface area contributed by atoms with Crippen LogP contribution in [0.15, 0.2) is 12.5 Å². The first kappa shape index (κ1) is 7.02. The number of likely N-dealkylation sites (N-methyl/N-ethyl adjacent to an activating group) is 1. The molecular weight excluding hydrogens is 156 g/mol. The molecule has 0 atom stereocenters. The van der Waals surface area contributed by atoms with E-state index in [2.05, 4.69) is 15.3 Å². The minimum atomic E-state index is 0.0253. The van der Waals surface area contributed by atoms with E-state index in [-0.39, 0.29) is 5.91 Å². The molecule has 0 spiro atoms. The highest BCUT2D eigenvalue weighted by Crippen LogP contribution is 2.23. The molecule has 1 aliphatic rings. The molecule has 1 aliphatic heterocycles. The first-order valence-corrected chi connectivity index (χ1v) is 3.59. The normalized spacial score (nSPS) is 15.4. The van der Waals surface area contributed by atoms with Crippen molar-refractivity contribution in [1.29, 1.82) is 0 Å². The van der Waals surface area contributed by atoms with Gasteiger partial charge in [0.2, 0.25) is 5.91 Å². The van der Waals surface area contributed by atoms with Crippen LogP contribution in [0.25, 0.3) is 0 Å². The number of fused-ring (bicyclic) bond motifs is 1. The SMILES string of the molecule is CN1C(=O)CNc2ncncc21. The van der Waals surface area contributed by atoms with Gasteiger partial charge in [-0.3, -0.25) is 4.79 Å². The fourth-order valence-corrected chi connectivity index (χ4v) is 1.12. The van der Waals surface area contributed by atoms with E-state index in [0.29, 0.717) is 12.4 Å². The molecular formula is C7H8N4O. The molecule has 0 aliphatic carbocycles. The van der Waals surface area contributed by atoms with Crippen molar-refractivity contribution < 1.29 is 4.79 Å². The molecule has 1 amide bonds. The third-order valence-corrected chi connectivity index (χ3v) is 1.84. The summed E-state index contributed by atoms with van der Waals surface area (Å²) >= 11 is 0. The Morgan fingerprint density at radius 1 is 1.67 bits per heavy atom. The lowest BCUT2D eigenvalue weighted by molar-refractivity contribution is -0.116. The van der Waals surface area contributed by atoms with Crippen molar-refractivity contribution in [2.24, 2.45) is 0 Å². The van der Waals surface area contributed by atoms with E-state index in [0.717, 1.165) is 5.69 Å². The zero-order valence-corrected chi connectivity index (χ0v) is 6.61. The number of amides is 1. The summed E-state index contributed by atoms with van der Waals surface area (Å²) in [6.07, 6.45) is 3.07. The van der Waals surface area contributed by atoms with Gasteiger partial charge in [0, 0.05) is 7.05 Å². The Balaban J connectivity index is 2.48. The summed E-state index contributed by atoms with van der Waals surface area (Å²) in [6, 6.07) is 0. The number of carbonyl (C=O) groups excluding carboxylic acids is 1. The molecule has 1 N–H and O–H groups in total. The smallest absolute Gasteiger partial charge is 0.246 e. The lowest BCUT2D eigenvalue weighted by Crippen LogP contribution is -2.37. The van der Waals surface area contributed by atoms with Gasteiger partial charge in [0.1, 0.15) is 12.0 Å². The number of nitrogens with zero attached hydrogens (tertiary/aromatic N) is 3. The molecule has 12 heavy (non-hydrogen) atoms. The van der Waals surface area contributed by atoms with Crippen molar-refractivity contribution in [2.45, 2.75) is 0 Å². The molecule has 0 saturated heterocycles. The zero-order chi connectivity index (χ0) is 8.55. The summed E-state index contributed by atoms with van der Waals surface area (Å²) < 4.78 is 0. The van der Waals surface area contributed by atoms with Crippen molar-refractivity contribution in [1.82, 2.24) is 9.97 Å². The molecule has 0 unspecified atom stereocenters. The van der Waals surface area contributed by atoms with Crippen LogP contribution in [0, 0.1) is 0 Å². The number of hydrogen-bond donors (Lipinski definition) is 1. The summed E-state index contributed by atoms with van der Waals surface area (Å²) in [5.41, 5.74) is 0.730. The number of rotatable bonds is 0. The average molecular weight is 164 g/mol. The third kappa shape index (κ3) is 0.903. The zero-order valence-electron chi connectivity index (χ0n) is 6.61. The van der Waals surface area contributed by atoms with Gasteiger partial charge >= 0.3 is 0 Å². The molecule has 62 valence electrons. The molecule has 1 aromatic heterocycles. The molecule has 0 bridgehead atoms. The monoisotopic (exact) mass is 164 g/mol. The van der Waals surface area contributed by atoms with Gasteiger partial charge in [0.05, 0.1) is 12.7 Å². The summed E-state index contributed by atoms with van der Waals surface area (Å²) in [5.74, 6) is 0.740. The number of anilines is 2. The van der Waals surface area contributed by atoms with Crippen molar-refractivity contribution in [2.75, 3.05) is 23.8 Å². The highest BCUT2D eigenvalue weighted by molar-refractivity contribution is 6.00. The summed E-state index contributed by atoms with van der Waals surface area (Å²) in [5, 5.41) is 2.90. The fraction of sp³-hybridized carbons (Fsp3) is 0.286. The van der Waals surface area contributed by atoms with Gasteiger partial charge in [-0.2, -0.15) is 0 Å². The lowest BCUT2D eigenvalue weighted by Gasteiger charge is -2.24. The summed E-state index contributed by atoms with van der Waals surface area (Å²) in [4.78, 5) is 20.5. The first-order valence-electron chi connectivity index (χ1n) is 3.59. The standard InChI is InChI=1S/C7H8N4O/c1-11-5-2-8-4-10-7(5)9-3-6(11)12/h2,4H,3H2,1H3,(H,8,9,10). The molecule has 5 nitrogen and oxygen atoms in total. The van der Waals surface area contributed by atoms with Gasteiger partial charge in [-0.15, -0.1) is 0 Å². The van der Waals surface area contributed by atoms with Crippen molar-refractivity contribution in [3.05, 3.63) is 12.5 Å². The van der Waals surface area contributed by atoms with Gasteiger partial charge < -0.3 is 10.2 Å². The molecule has 1 aromatic rings. The number of carbonyl (C=O) groups is 1. The van der Waals surface area contributed by atoms with Crippen LogP contribution < -0.4 is 10.2 Å². The maximum atomic E-state index is 11.2. The van der Waals surface area contributed by atoms with Crippen LogP contribution >= 0.6 is 0 Å². The highest BCUT2D eigenvalue weighted by Gasteiger charge is 2.20. The summed E-state index contributed by atoms with van der Waals surface area (Å²) in [7, 11) is 1.71. The topological polar surface area (TPSA) is 58.1 Å².